The van der Waals surface area contributed by atoms with Gasteiger partial charge in [-0.25, -0.2) is 4.79 Å². The summed E-state index contributed by atoms with van der Waals surface area (Å²) in [5, 5.41) is 11.5. The Morgan fingerprint density at radius 2 is 2.29 bits per heavy atom. The number of fused-ring (bicyclic) bond motifs is 1. The van der Waals surface area contributed by atoms with Crippen LogP contribution in [0.3, 0.4) is 0 Å². The number of carboxylic acid groups (broad SMARTS) is 1. The summed E-state index contributed by atoms with van der Waals surface area (Å²) in [4.78, 5) is 10.9. The lowest BCUT2D eigenvalue weighted by Gasteiger charge is -2.39. The van der Waals surface area contributed by atoms with Crippen molar-refractivity contribution in [2.75, 3.05) is 6.61 Å². The molecule has 0 radical (unpaired) electrons. The molecule has 2 N–H and O–H groups in total. The number of benzene rings is 1. The minimum absolute atomic E-state index is 0.253. The van der Waals surface area contributed by atoms with Gasteiger partial charge in [-0.3, -0.25) is 0 Å². The van der Waals surface area contributed by atoms with Crippen molar-refractivity contribution in [2.24, 2.45) is 5.41 Å². The SMILES string of the molecule is CC1(C)COc2cc(Br)ccc2C1NC(=O)O. The second-order valence-electron chi connectivity index (χ2n) is 4.84. The zero-order chi connectivity index (χ0) is 12.6. The third-order valence-electron chi connectivity index (χ3n) is 2.94. The molecule has 5 heteroatoms. The number of hydrogen-bond acceptors (Lipinski definition) is 2. The zero-order valence-corrected chi connectivity index (χ0v) is 11.2. The van der Waals surface area contributed by atoms with Gasteiger partial charge in [0.1, 0.15) is 5.75 Å². The minimum Gasteiger partial charge on any atom is -0.493 e. The Balaban J connectivity index is 2.43. The minimum atomic E-state index is -1.01. The van der Waals surface area contributed by atoms with Crippen molar-refractivity contribution in [2.45, 2.75) is 19.9 Å². The Labute approximate surface area is 108 Å². The van der Waals surface area contributed by atoms with Gasteiger partial charge in [-0.05, 0) is 12.1 Å². The monoisotopic (exact) mass is 299 g/mol. The molecule has 0 aromatic heterocycles. The second kappa shape index (κ2) is 4.22. The summed E-state index contributed by atoms with van der Waals surface area (Å²) in [6.45, 7) is 4.46. The van der Waals surface area contributed by atoms with Crippen molar-refractivity contribution in [3.05, 3.63) is 28.2 Å². The Morgan fingerprint density at radius 1 is 1.59 bits per heavy atom. The average molecular weight is 300 g/mol. The number of ether oxygens (including phenoxy) is 1. The molecule has 92 valence electrons. The lowest BCUT2D eigenvalue weighted by molar-refractivity contribution is 0.0994. The van der Waals surface area contributed by atoms with Crippen molar-refractivity contribution in [3.63, 3.8) is 0 Å². The van der Waals surface area contributed by atoms with Gasteiger partial charge in [-0.1, -0.05) is 35.8 Å². The highest BCUT2D eigenvalue weighted by atomic mass is 79.9. The predicted octanol–water partition coefficient (Wildman–Crippen LogP) is 3.18. The summed E-state index contributed by atoms with van der Waals surface area (Å²) >= 11 is 3.37. The van der Waals surface area contributed by atoms with Crippen LogP contribution in [0.4, 0.5) is 4.79 Å². The summed E-state index contributed by atoms with van der Waals surface area (Å²) < 4.78 is 6.59. The lowest BCUT2D eigenvalue weighted by Crippen LogP contribution is -2.43. The Morgan fingerprint density at radius 3 is 2.94 bits per heavy atom. The number of carbonyl (C=O) groups is 1. The topological polar surface area (TPSA) is 58.6 Å². The van der Waals surface area contributed by atoms with Gasteiger partial charge < -0.3 is 15.2 Å². The van der Waals surface area contributed by atoms with E-state index in [0.29, 0.717) is 6.61 Å². The summed E-state index contributed by atoms with van der Waals surface area (Å²) in [6.07, 6.45) is -1.01. The molecule has 0 aliphatic carbocycles. The normalized spacial score (nSPS) is 21.2. The largest absolute Gasteiger partial charge is 0.493 e. The summed E-state index contributed by atoms with van der Waals surface area (Å²) in [7, 11) is 0. The van der Waals surface area contributed by atoms with E-state index in [1.165, 1.54) is 0 Å². The lowest BCUT2D eigenvalue weighted by atomic mass is 9.79. The number of amides is 1. The first kappa shape index (κ1) is 12.2. The van der Waals surface area contributed by atoms with Crippen LogP contribution < -0.4 is 10.1 Å². The summed E-state index contributed by atoms with van der Waals surface area (Å²) in [5.41, 5.74) is 0.617. The fraction of sp³-hybridized carbons (Fsp3) is 0.417. The van der Waals surface area contributed by atoms with Crippen LogP contribution in [0.5, 0.6) is 5.75 Å². The van der Waals surface area contributed by atoms with Gasteiger partial charge in [-0.15, -0.1) is 0 Å². The Hall–Kier alpha value is -1.23. The molecule has 0 spiro atoms. The van der Waals surface area contributed by atoms with E-state index in [1.807, 2.05) is 32.0 Å². The van der Waals surface area contributed by atoms with Crippen molar-refractivity contribution >= 4 is 22.0 Å². The van der Waals surface area contributed by atoms with Crippen LogP contribution in [-0.4, -0.2) is 17.8 Å². The molecule has 1 aromatic rings. The van der Waals surface area contributed by atoms with Crippen LogP contribution in [0.15, 0.2) is 22.7 Å². The molecule has 1 heterocycles. The first-order chi connectivity index (χ1) is 7.90. The maximum atomic E-state index is 10.9. The molecule has 1 aliphatic rings. The van der Waals surface area contributed by atoms with Crippen LogP contribution in [0.2, 0.25) is 0 Å². The Bertz CT molecular complexity index is 459. The van der Waals surface area contributed by atoms with Crippen LogP contribution in [-0.2, 0) is 0 Å². The molecule has 0 saturated carbocycles. The smallest absolute Gasteiger partial charge is 0.405 e. The molecule has 17 heavy (non-hydrogen) atoms. The van der Waals surface area contributed by atoms with Crippen LogP contribution >= 0.6 is 15.9 Å². The van der Waals surface area contributed by atoms with Gasteiger partial charge in [0, 0.05) is 15.5 Å². The van der Waals surface area contributed by atoms with Gasteiger partial charge in [0.2, 0.25) is 0 Å². The van der Waals surface area contributed by atoms with E-state index in [0.717, 1.165) is 15.8 Å². The van der Waals surface area contributed by atoms with Gasteiger partial charge >= 0.3 is 6.09 Å². The molecule has 1 atom stereocenters. The first-order valence-corrected chi connectivity index (χ1v) is 6.11. The van der Waals surface area contributed by atoms with Crippen molar-refractivity contribution < 1.29 is 14.6 Å². The van der Waals surface area contributed by atoms with Crippen molar-refractivity contribution in [3.8, 4) is 5.75 Å². The van der Waals surface area contributed by atoms with E-state index in [4.69, 9.17) is 9.84 Å². The predicted molar refractivity (Wildman–Crippen MR) is 67.3 cm³/mol. The van der Waals surface area contributed by atoms with Gasteiger partial charge in [-0.2, -0.15) is 0 Å². The molecule has 1 amide bonds. The number of rotatable bonds is 1. The molecule has 1 aliphatic heterocycles. The zero-order valence-electron chi connectivity index (χ0n) is 9.66. The molecule has 2 rings (SSSR count). The molecular weight excluding hydrogens is 286 g/mol. The van der Waals surface area contributed by atoms with E-state index in [-0.39, 0.29) is 11.5 Å². The number of nitrogens with one attached hydrogen (secondary N) is 1. The first-order valence-electron chi connectivity index (χ1n) is 5.32. The standard InChI is InChI=1S/C12H14BrNO3/c1-12(2)6-17-9-5-7(13)3-4-8(9)10(12)14-11(15)16/h3-5,10,14H,6H2,1-2H3,(H,15,16). The highest BCUT2D eigenvalue weighted by Crippen LogP contribution is 2.43. The highest BCUT2D eigenvalue weighted by Gasteiger charge is 2.38. The quantitative estimate of drug-likeness (QED) is 0.837. The van der Waals surface area contributed by atoms with Crippen molar-refractivity contribution in [1.82, 2.24) is 5.32 Å². The number of halogens is 1. The molecule has 0 bridgehead atoms. The molecule has 1 unspecified atom stereocenters. The van der Waals surface area contributed by atoms with Crippen LogP contribution in [0.1, 0.15) is 25.5 Å². The van der Waals surface area contributed by atoms with E-state index >= 15 is 0 Å². The molecule has 0 saturated heterocycles. The van der Waals surface area contributed by atoms with E-state index < -0.39 is 6.09 Å². The second-order valence-corrected chi connectivity index (χ2v) is 5.76. The van der Waals surface area contributed by atoms with E-state index in [1.54, 1.807) is 0 Å². The molecule has 0 fully saturated rings. The highest BCUT2D eigenvalue weighted by molar-refractivity contribution is 9.10. The van der Waals surface area contributed by atoms with Crippen molar-refractivity contribution in [1.29, 1.82) is 0 Å². The van der Waals surface area contributed by atoms with Crippen LogP contribution in [0, 0.1) is 5.41 Å². The Kier molecular flexibility index (Phi) is 3.03. The third-order valence-corrected chi connectivity index (χ3v) is 3.43. The van der Waals surface area contributed by atoms with E-state index in [9.17, 15) is 4.79 Å². The summed E-state index contributed by atoms with van der Waals surface area (Å²) in [5.74, 6) is 0.734. The maximum Gasteiger partial charge on any atom is 0.405 e. The fourth-order valence-electron chi connectivity index (χ4n) is 2.04. The molecule has 1 aromatic carbocycles. The van der Waals surface area contributed by atoms with E-state index in [2.05, 4.69) is 21.2 Å². The number of hydrogen-bond donors (Lipinski definition) is 2. The fourth-order valence-corrected chi connectivity index (χ4v) is 2.38. The van der Waals surface area contributed by atoms with Gasteiger partial charge in [0.05, 0.1) is 12.6 Å². The third kappa shape index (κ3) is 2.39. The average Bonchev–Trinajstić information content (AvgIpc) is 2.22. The molecule has 4 nitrogen and oxygen atoms in total. The van der Waals surface area contributed by atoms with Gasteiger partial charge in [0.25, 0.3) is 0 Å². The molecular formula is C12H14BrNO3. The van der Waals surface area contributed by atoms with Gasteiger partial charge in [0.15, 0.2) is 0 Å². The maximum absolute atomic E-state index is 10.9. The summed E-state index contributed by atoms with van der Waals surface area (Å²) in [6, 6.07) is 5.39. The van der Waals surface area contributed by atoms with Crippen LogP contribution in [0.25, 0.3) is 0 Å².